The van der Waals surface area contributed by atoms with Gasteiger partial charge in [0.1, 0.15) is 5.82 Å². The molecule has 0 bridgehead atoms. The van der Waals surface area contributed by atoms with Gasteiger partial charge in [0.2, 0.25) is 5.91 Å². The first-order valence-electron chi connectivity index (χ1n) is 8.15. The molecule has 0 radical (unpaired) electrons. The SMILES string of the molecule is CN=C(NCc1ccc(F)c(CO)c1)N1CCCC(CC(N)=O)C1. The second-order valence-corrected chi connectivity index (χ2v) is 6.11. The highest BCUT2D eigenvalue weighted by molar-refractivity contribution is 5.80. The minimum Gasteiger partial charge on any atom is -0.392 e. The molecule has 1 aromatic carbocycles. The lowest BCUT2D eigenvalue weighted by atomic mass is 9.95. The van der Waals surface area contributed by atoms with Gasteiger partial charge in [0.25, 0.3) is 0 Å². The van der Waals surface area contributed by atoms with E-state index in [9.17, 15) is 9.18 Å². The summed E-state index contributed by atoms with van der Waals surface area (Å²) in [7, 11) is 1.71. The molecule has 1 aliphatic rings. The van der Waals surface area contributed by atoms with Crippen molar-refractivity contribution in [3.8, 4) is 0 Å². The molecule has 132 valence electrons. The van der Waals surface area contributed by atoms with E-state index in [0.29, 0.717) is 13.0 Å². The van der Waals surface area contributed by atoms with Gasteiger partial charge in [-0.2, -0.15) is 0 Å². The summed E-state index contributed by atoms with van der Waals surface area (Å²) < 4.78 is 13.4. The molecule has 0 aromatic heterocycles. The van der Waals surface area contributed by atoms with Crippen LogP contribution < -0.4 is 11.1 Å². The molecule has 2 rings (SSSR count). The van der Waals surface area contributed by atoms with E-state index in [1.807, 2.05) is 0 Å². The minimum atomic E-state index is -0.407. The van der Waals surface area contributed by atoms with Crippen LogP contribution in [-0.4, -0.2) is 42.0 Å². The van der Waals surface area contributed by atoms with Crippen molar-refractivity contribution in [3.63, 3.8) is 0 Å². The van der Waals surface area contributed by atoms with Crippen LogP contribution in [0.1, 0.15) is 30.4 Å². The van der Waals surface area contributed by atoms with E-state index in [4.69, 9.17) is 10.8 Å². The van der Waals surface area contributed by atoms with E-state index in [1.165, 1.54) is 6.07 Å². The van der Waals surface area contributed by atoms with Gasteiger partial charge in [0.15, 0.2) is 5.96 Å². The molecule has 1 aromatic rings. The highest BCUT2D eigenvalue weighted by Gasteiger charge is 2.23. The normalized spacial score (nSPS) is 18.5. The molecule has 1 atom stereocenters. The fourth-order valence-electron chi connectivity index (χ4n) is 3.08. The second-order valence-electron chi connectivity index (χ2n) is 6.11. The number of nitrogens with zero attached hydrogens (tertiary/aromatic N) is 2. The van der Waals surface area contributed by atoms with Crippen molar-refractivity contribution in [1.29, 1.82) is 0 Å². The number of guanidine groups is 1. The highest BCUT2D eigenvalue weighted by Crippen LogP contribution is 2.19. The lowest BCUT2D eigenvalue weighted by Gasteiger charge is -2.34. The van der Waals surface area contributed by atoms with E-state index in [-0.39, 0.29) is 24.0 Å². The molecule has 4 N–H and O–H groups in total. The Hall–Kier alpha value is -2.15. The number of primary amides is 1. The molecule has 1 fully saturated rings. The maximum absolute atomic E-state index is 13.4. The molecular weight excluding hydrogens is 311 g/mol. The molecule has 24 heavy (non-hydrogen) atoms. The number of amides is 1. The number of nitrogens with one attached hydrogen (secondary N) is 1. The molecule has 0 spiro atoms. The maximum Gasteiger partial charge on any atom is 0.217 e. The number of nitrogens with two attached hydrogens (primary N) is 1. The number of rotatable bonds is 5. The summed E-state index contributed by atoms with van der Waals surface area (Å²) in [6, 6.07) is 4.68. The van der Waals surface area contributed by atoms with Gasteiger partial charge in [0.05, 0.1) is 6.61 Å². The van der Waals surface area contributed by atoms with Gasteiger partial charge in [-0.05, 0) is 36.5 Å². The molecule has 6 nitrogen and oxygen atoms in total. The zero-order valence-corrected chi connectivity index (χ0v) is 14.0. The average molecular weight is 336 g/mol. The molecule has 1 aliphatic heterocycles. The summed E-state index contributed by atoms with van der Waals surface area (Å²) in [4.78, 5) is 17.5. The largest absolute Gasteiger partial charge is 0.392 e. The van der Waals surface area contributed by atoms with Crippen LogP contribution in [0.3, 0.4) is 0 Å². The Bertz CT molecular complexity index is 606. The number of piperidine rings is 1. The lowest BCUT2D eigenvalue weighted by Crippen LogP contribution is -2.46. The Morgan fingerprint density at radius 1 is 1.54 bits per heavy atom. The predicted molar refractivity (Wildman–Crippen MR) is 90.6 cm³/mol. The topological polar surface area (TPSA) is 91.0 Å². The first-order valence-corrected chi connectivity index (χ1v) is 8.15. The van der Waals surface area contributed by atoms with E-state index in [1.54, 1.807) is 19.2 Å². The summed E-state index contributed by atoms with van der Waals surface area (Å²) in [6.07, 6.45) is 2.38. The Morgan fingerprint density at radius 3 is 3.00 bits per heavy atom. The lowest BCUT2D eigenvalue weighted by molar-refractivity contribution is -0.119. The van der Waals surface area contributed by atoms with Crippen LogP contribution in [-0.2, 0) is 17.9 Å². The van der Waals surface area contributed by atoms with Crippen molar-refractivity contribution in [2.24, 2.45) is 16.6 Å². The van der Waals surface area contributed by atoms with Crippen LogP contribution in [0.2, 0.25) is 0 Å². The van der Waals surface area contributed by atoms with Gasteiger partial charge in [-0.15, -0.1) is 0 Å². The number of benzene rings is 1. The Kier molecular flexibility index (Phi) is 6.54. The van der Waals surface area contributed by atoms with Gasteiger partial charge in [0, 0.05) is 38.7 Å². The minimum absolute atomic E-state index is 0.251. The quantitative estimate of drug-likeness (QED) is 0.552. The number of aliphatic hydroxyl groups excluding tert-OH is 1. The van der Waals surface area contributed by atoms with Gasteiger partial charge in [-0.25, -0.2) is 4.39 Å². The molecule has 1 heterocycles. The summed E-state index contributed by atoms with van der Waals surface area (Å²) in [5, 5.41) is 12.4. The van der Waals surface area contributed by atoms with Crippen LogP contribution >= 0.6 is 0 Å². The molecule has 1 amide bonds. The Balaban J connectivity index is 1.95. The van der Waals surface area contributed by atoms with Gasteiger partial charge in [-0.3, -0.25) is 9.79 Å². The molecule has 0 saturated carbocycles. The number of carbonyl (C=O) groups is 1. The van der Waals surface area contributed by atoms with E-state index in [2.05, 4.69) is 15.2 Å². The number of likely N-dealkylation sites (tertiary alicyclic amines) is 1. The van der Waals surface area contributed by atoms with Gasteiger partial charge < -0.3 is 21.1 Å². The third-order valence-electron chi connectivity index (χ3n) is 4.25. The van der Waals surface area contributed by atoms with Crippen LogP contribution in [0.4, 0.5) is 4.39 Å². The zero-order chi connectivity index (χ0) is 17.5. The number of aliphatic imine (C=N–C) groups is 1. The molecule has 1 saturated heterocycles. The van der Waals surface area contributed by atoms with Gasteiger partial charge >= 0.3 is 0 Å². The number of aliphatic hydroxyl groups is 1. The summed E-state index contributed by atoms with van der Waals surface area (Å²) in [5.74, 6) is 0.323. The second kappa shape index (κ2) is 8.63. The van der Waals surface area contributed by atoms with Crippen molar-refractivity contribution < 1.29 is 14.3 Å². The number of hydrogen-bond acceptors (Lipinski definition) is 3. The fraction of sp³-hybridized carbons (Fsp3) is 0.529. The summed E-state index contributed by atoms with van der Waals surface area (Å²) >= 11 is 0. The fourth-order valence-corrected chi connectivity index (χ4v) is 3.08. The third kappa shape index (κ3) is 4.92. The number of halogens is 1. The van der Waals surface area contributed by atoms with Crippen LogP contribution in [0.25, 0.3) is 0 Å². The monoisotopic (exact) mass is 336 g/mol. The van der Waals surface area contributed by atoms with E-state index in [0.717, 1.165) is 37.5 Å². The van der Waals surface area contributed by atoms with Crippen molar-refractivity contribution in [2.45, 2.75) is 32.4 Å². The molecule has 7 heteroatoms. The highest BCUT2D eigenvalue weighted by atomic mass is 19.1. The molecule has 1 unspecified atom stereocenters. The Labute approximate surface area is 141 Å². The first kappa shape index (κ1) is 18.2. The number of carbonyl (C=O) groups excluding carboxylic acids is 1. The average Bonchev–Trinajstić information content (AvgIpc) is 2.56. The summed E-state index contributed by atoms with van der Waals surface area (Å²) in [6.45, 7) is 1.78. The Morgan fingerprint density at radius 2 is 2.33 bits per heavy atom. The van der Waals surface area contributed by atoms with Crippen molar-refractivity contribution in [1.82, 2.24) is 10.2 Å². The third-order valence-corrected chi connectivity index (χ3v) is 4.25. The first-order chi connectivity index (χ1) is 11.5. The number of hydrogen-bond donors (Lipinski definition) is 3. The summed E-state index contributed by atoms with van der Waals surface area (Å²) in [5.41, 5.74) is 6.45. The standard InChI is InChI=1S/C17H25FN4O2/c1-20-17(22-6-2-3-13(10-22)8-16(19)24)21-9-12-4-5-15(18)14(7-12)11-23/h4-5,7,13,23H,2-3,6,8-11H2,1H3,(H2,19,24)(H,20,21). The van der Waals surface area contributed by atoms with Crippen LogP contribution in [0.15, 0.2) is 23.2 Å². The van der Waals surface area contributed by atoms with Crippen molar-refractivity contribution in [2.75, 3.05) is 20.1 Å². The molecule has 0 aliphatic carbocycles. The van der Waals surface area contributed by atoms with Gasteiger partial charge in [-0.1, -0.05) is 6.07 Å². The maximum atomic E-state index is 13.4. The zero-order valence-electron chi connectivity index (χ0n) is 14.0. The van der Waals surface area contributed by atoms with Crippen LogP contribution in [0.5, 0.6) is 0 Å². The van der Waals surface area contributed by atoms with Crippen molar-refractivity contribution >= 4 is 11.9 Å². The van der Waals surface area contributed by atoms with E-state index >= 15 is 0 Å². The molecular formula is C17H25FN4O2. The van der Waals surface area contributed by atoms with Crippen molar-refractivity contribution in [3.05, 3.63) is 35.1 Å². The predicted octanol–water partition coefficient (Wildman–Crippen LogP) is 0.981. The van der Waals surface area contributed by atoms with Crippen LogP contribution in [0, 0.1) is 11.7 Å². The smallest absolute Gasteiger partial charge is 0.217 e. The van der Waals surface area contributed by atoms with E-state index < -0.39 is 5.82 Å².